The van der Waals surface area contributed by atoms with Crippen LogP contribution < -0.4 is 5.73 Å². The van der Waals surface area contributed by atoms with Crippen LogP contribution >= 0.6 is 15.9 Å². The number of halogens is 1. The summed E-state index contributed by atoms with van der Waals surface area (Å²) in [6.07, 6.45) is 0. The summed E-state index contributed by atoms with van der Waals surface area (Å²) in [6.45, 7) is 3.70. The summed E-state index contributed by atoms with van der Waals surface area (Å²) in [5.41, 5.74) is 7.93. The van der Waals surface area contributed by atoms with Gasteiger partial charge in [-0.3, -0.25) is 4.90 Å². The van der Waals surface area contributed by atoms with Crippen molar-refractivity contribution in [2.45, 2.75) is 19.5 Å². The quantitative estimate of drug-likeness (QED) is 0.846. The molecule has 0 saturated heterocycles. The Labute approximate surface area is 106 Å². The molecule has 3 nitrogen and oxygen atoms in total. The van der Waals surface area contributed by atoms with Gasteiger partial charge in [-0.05, 0) is 31.7 Å². The van der Waals surface area contributed by atoms with Gasteiger partial charge in [0, 0.05) is 29.9 Å². The fourth-order valence-corrected chi connectivity index (χ4v) is 1.88. The molecule has 0 saturated carbocycles. The minimum absolute atomic E-state index is 0.382. The Morgan fingerprint density at radius 2 is 2.19 bits per heavy atom. The number of ether oxygens (including phenoxy) is 1. The monoisotopic (exact) mass is 286 g/mol. The van der Waals surface area contributed by atoms with Crippen molar-refractivity contribution in [3.8, 4) is 0 Å². The van der Waals surface area contributed by atoms with Crippen LogP contribution in [0, 0.1) is 0 Å². The SMILES string of the molecule is COCC(C)N(C)Cc1ccc(Br)cc1N. The lowest BCUT2D eigenvalue weighted by Crippen LogP contribution is -2.32. The van der Waals surface area contributed by atoms with E-state index in [1.54, 1.807) is 7.11 Å². The van der Waals surface area contributed by atoms with Crippen LogP contribution in [0.3, 0.4) is 0 Å². The lowest BCUT2D eigenvalue weighted by Gasteiger charge is -2.24. The molecule has 0 aliphatic heterocycles. The summed E-state index contributed by atoms with van der Waals surface area (Å²) < 4.78 is 6.15. The van der Waals surface area contributed by atoms with E-state index in [4.69, 9.17) is 10.5 Å². The Bertz CT molecular complexity index is 344. The van der Waals surface area contributed by atoms with Gasteiger partial charge in [-0.2, -0.15) is 0 Å². The van der Waals surface area contributed by atoms with Crippen LogP contribution in [0.5, 0.6) is 0 Å². The number of benzene rings is 1. The highest BCUT2D eigenvalue weighted by molar-refractivity contribution is 9.10. The largest absolute Gasteiger partial charge is 0.398 e. The summed E-state index contributed by atoms with van der Waals surface area (Å²) >= 11 is 3.40. The average molecular weight is 287 g/mol. The van der Waals surface area contributed by atoms with E-state index >= 15 is 0 Å². The molecule has 0 aliphatic rings. The molecule has 0 amide bonds. The number of methoxy groups -OCH3 is 1. The summed E-state index contributed by atoms with van der Waals surface area (Å²) in [5.74, 6) is 0. The summed E-state index contributed by atoms with van der Waals surface area (Å²) in [4.78, 5) is 2.23. The first kappa shape index (κ1) is 13.5. The summed E-state index contributed by atoms with van der Waals surface area (Å²) in [7, 11) is 3.80. The molecule has 0 heterocycles. The standard InChI is InChI=1S/C12H19BrN2O/c1-9(8-16-3)15(2)7-10-4-5-11(13)6-12(10)14/h4-6,9H,7-8,14H2,1-3H3. The highest BCUT2D eigenvalue weighted by Crippen LogP contribution is 2.20. The molecule has 0 spiro atoms. The van der Waals surface area contributed by atoms with Gasteiger partial charge in [0.15, 0.2) is 0 Å². The topological polar surface area (TPSA) is 38.5 Å². The highest BCUT2D eigenvalue weighted by Gasteiger charge is 2.10. The Kier molecular flexibility index (Phi) is 5.25. The van der Waals surface area contributed by atoms with Crippen molar-refractivity contribution in [1.82, 2.24) is 4.90 Å². The molecule has 1 rings (SSSR count). The van der Waals surface area contributed by atoms with Crippen LogP contribution in [0.2, 0.25) is 0 Å². The first-order valence-electron chi connectivity index (χ1n) is 5.27. The van der Waals surface area contributed by atoms with Crippen LogP contribution in [0.1, 0.15) is 12.5 Å². The lowest BCUT2D eigenvalue weighted by molar-refractivity contribution is 0.112. The normalized spacial score (nSPS) is 13.1. The Morgan fingerprint density at radius 1 is 1.50 bits per heavy atom. The van der Waals surface area contributed by atoms with Crippen molar-refractivity contribution in [1.29, 1.82) is 0 Å². The Morgan fingerprint density at radius 3 is 2.75 bits per heavy atom. The van der Waals surface area contributed by atoms with Crippen LogP contribution in [0.4, 0.5) is 5.69 Å². The molecular formula is C12H19BrN2O. The number of likely N-dealkylation sites (N-methyl/N-ethyl adjacent to an activating group) is 1. The Balaban J connectivity index is 2.65. The van der Waals surface area contributed by atoms with E-state index in [9.17, 15) is 0 Å². The van der Waals surface area contributed by atoms with E-state index in [1.165, 1.54) is 0 Å². The van der Waals surface area contributed by atoms with Crippen molar-refractivity contribution in [3.05, 3.63) is 28.2 Å². The van der Waals surface area contributed by atoms with E-state index in [1.807, 2.05) is 12.1 Å². The fourth-order valence-electron chi connectivity index (χ4n) is 1.50. The second-order valence-corrected chi connectivity index (χ2v) is 4.98. The van der Waals surface area contributed by atoms with Crippen LogP contribution in [-0.2, 0) is 11.3 Å². The Hall–Kier alpha value is -0.580. The van der Waals surface area contributed by atoms with E-state index < -0.39 is 0 Å². The fraction of sp³-hybridized carbons (Fsp3) is 0.500. The third-order valence-electron chi connectivity index (χ3n) is 2.69. The van der Waals surface area contributed by atoms with Gasteiger partial charge in [-0.15, -0.1) is 0 Å². The molecule has 0 bridgehead atoms. The van der Waals surface area contributed by atoms with Crippen molar-refractivity contribution >= 4 is 21.6 Å². The minimum Gasteiger partial charge on any atom is -0.398 e. The highest BCUT2D eigenvalue weighted by atomic mass is 79.9. The molecule has 1 atom stereocenters. The minimum atomic E-state index is 0.382. The van der Waals surface area contributed by atoms with Gasteiger partial charge < -0.3 is 10.5 Å². The predicted octanol–water partition coefficient (Wildman–Crippen LogP) is 2.50. The zero-order chi connectivity index (χ0) is 12.1. The molecule has 1 aromatic carbocycles. The number of nitrogens with two attached hydrogens (primary N) is 1. The number of nitrogen functional groups attached to an aromatic ring is 1. The third-order valence-corrected chi connectivity index (χ3v) is 3.18. The van der Waals surface area contributed by atoms with Crippen molar-refractivity contribution in [3.63, 3.8) is 0 Å². The van der Waals surface area contributed by atoms with Crippen molar-refractivity contribution in [2.75, 3.05) is 26.5 Å². The molecule has 2 N–H and O–H groups in total. The van der Waals surface area contributed by atoms with Gasteiger partial charge in [0.1, 0.15) is 0 Å². The van der Waals surface area contributed by atoms with E-state index in [0.29, 0.717) is 6.04 Å². The first-order chi connectivity index (χ1) is 7.54. The summed E-state index contributed by atoms with van der Waals surface area (Å²) in [6, 6.07) is 6.38. The van der Waals surface area contributed by atoms with Gasteiger partial charge >= 0.3 is 0 Å². The molecule has 4 heteroatoms. The number of hydrogen-bond acceptors (Lipinski definition) is 3. The molecule has 1 aromatic rings. The van der Waals surface area contributed by atoms with E-state index in [2.05, 4.69) is 40.9 Å². The molecule has 0 aromatic heterocycles. The predicted molar refractivity (Wildman–Crippen MR) is 71.4 cm³/mol. The summed E-state index contributed by atoms with van der Waals surface area (Å²) in [5, 5.41) is 0. The molecule has 0 aliphatic carbocycles. The number of anilines is 1. The van der Waals surface area contributed by atoms with Gasteiger partial charge in [-0.1, -0.05) is 22.0 Å². The maximum atomic E-state index is 5.96. The van der Waals surface area contributed by atoms with Gasteiger partial charge in [0.2, 0.25) is 0 Å². The zero-order valence-corrected chi connectivity index (χ0v) is 11.6. The third kappa shape index (κ3) is 3.77. The number of nitrogens with zero attached hydrogens (tertiary/aromatic N) is 1. The maximum Gasteiger partial charge on any atom is 0.0615 e. The zero-order valence-electron chi connectivity index (χ0n) is 10.0. The lowest BCUT2D eigenvalue weighted by atomic mass is 10.1. The number of rotatable bonds is 5. The molecule has 0 fully saturated rings. The van der Waals surface area contributed by atoms with Crippen LogP contribution in [0.25, 0.3) is 0 Å². The van der Waals surface area contributed by atoms with E-state index in [-0.39, 0.29) is 0 Å². The number of hydrogen-bond donors (Lipinski definition) is 1. The van der Waals surface area contributed by atoms with Crippen LogP contribution in [-0.4, -0.2) is 31.7 Å². The van der Waals surface area contributed by atoms with Crippen molar-refractivity contribution < 1.29 is 4.74 Å². The van der Waals surface area contributed by atoms with Gasteiger partial charge in [-0.25, -0.2) is 0 Å². The van der Waals surface area contributed by atoms with E-state index in [0.717, 1.165) is 28.9 Å². The van der Waals surface area contributed by atoms with Gasteiger partial charge in [0.05, 0.1) is 6.61 Å². The molecule has 90 valence electrons. The molecule has 1 unspecified atom stereocenters. The smallest absolute Gasteiger partial charge is 0.0615 e. The van der Waals surface area contributed by atoms with Gasteiger partial charge in [0.25, 0.3) is 0 Å². The second kappa shape index (κ2) is 6.23. The second-order valence-electron chi connectivity index (χ2n) is 4.06. The average Bonchev–Trinajstić information content (AvgIpc) is 2.22. The van der Waals surface area contributed by atoms with Crippen LogP contribution in [0.15, 0.2) is 22.7 Å². The molecule has 0 radical (unpaired) electrons. The maximum absolute atomic E-state index is 5.96. The molecule has 16 heavy (non-hydrogen) atoms. The molecular weight excluding hydrogens is 268 g/mol. The van der Waals surface area contributed by atoms with Crippen molar-refractivity contribution in [2.24, 2.45) is 0 Å². The first-order valence-corrected chi connectivity index (χ1v) is 6.07.